The summed E-state index contributed by atoms with van der Waals surface area (Å²) < 4.78 is 1.27. The first kappa shape index (κ1) is 18.1. The number of imidazole rings is 1. The van der Waals surface area contributed by atoms with Gasteiger partial charge in [-0.15, -0.1) is 0 Å². The number of amides is 1. The maximum Gasteiger partial charge on any atom is 0.343 e. The van der Waals surface area contributed by atoms with Crippen LogP contribution >= 0.6 is 0 Å². The van der Waals surface area contributed by atoms with E-state index in [0.717, 1.165) is 37.6 Å². The van der Waals surface area contributed by atoms with Crippen molar-refractivity contribution in [2.24, 2.45) is 16.4 Å². The molecule has 132 valence electrons. The van der Waals surface area contributed by atoms with Crippen LogP contribution in [0.2, 0.25) is 0 Å². The van der Waals surface area contributed by atoms with Crippen LogP contribution in [0.25, 0.3) is 0 Å². The molecule has 1 amide bonds. The zero-order valence-electron chi connectivity index (χ0n) is 14.7. The highest BCUT2D eigenvalue weighted by Gasteiger charge is 2.28. The molecule has 8 heteroatoms. The summed E-state index contributed by atoms with van der Waals surface area (Å²) in [6.07, 6.45) is 5.07. The summed E-state index contributed by atoms with van der Waals surface area (Å²) in [6.45, 7) is 8.22. The SMILES string of the molecule is Cc1ncc([N+](=O)[O-])n1CC(=O)NN=C1CCC(C(C)(C)C)CC1. The van der Waals surface area contributed by atoms with Gasteiger partial charge in [0.05, 0.1) is 0 Å². The van der Waals surface area contributed by atoms with Crippen molar-refractivity contribution in [3.8, 4) is 0 Å². The number of nitro groups is 1. The molecule has 0 aliphatic heterocycles. The lowest BCUT2D eigenvalue weighted by molar-refractivity contribution is -0.392. The van der Waals surface area contributed by atoms with Crippen molar-refractivity contribution >= 4 is 17.4 Å². The second-order valence-electron chi connectivity index (χ2n) is 7.36. The molecular formula is C16H25N5O3. The zero-order chi connectivity index (χ0) is 17.9. The average Bonchev–Trinajstić information content (AvgIpc) is 2.86. The number of hydrazone groups is 1. The van der Waals surface area contributed by atoms with Crippen LogP contribution < -0.4 is 5.43 Å². The third kappa shape index (κ3) is 4.39. The maximum absolute atomic E-state index is 12.0. The first-order valence-electron chi connectivity index (χ1n) is 8.19. The summed E-state index contributed by atoms with van der Waals surface area (Å²) >= 11 is 0. The van der Waals surface area contributed by atoms with Crippen molar-refractivity contribution in [2.45, 2.75) is 59.9 Å². The number of hydrogen-bond acceptors (Lipinski definition) is 5. The number of carbonyl (C=O) groups is 1. The van der Waals surface area contributed by atoms with Gasteiger partial charge in [-0.2, -0.15) is 5.10 Å². The molecule has 1 aromatic heterocycles. The highest BCUT2D eigenvalue weighted by atomic mass is 16.6. The maximum atomic E-state index is 12.0. The van der Waals surface area contributed by atoms with Crippen LogP contribution in [0.5, 0.6) is 0 Å². The summed E-state index contributed by atoms with van der Waals surface area (Å²) in [5.74, 6) is 0.518. The Morgan fingerprint density at radius 2 is 2.08 bits per heavy atom. The van der Waals surface area contributed by atoms with Crippen molar-refractivity contribution in [1.82, 2.24) is 15.0 Å². The Morgan fingerprint density at radius 1 is 1.46 bits per heavy atom. The van der Waals surface area contributed by atoms with E-state index in [4.69, 9.17) is 0 Å². The third-order valence-corrected chi connectivity index (χ3v) is 4.65. The molecule has 1 aliphatic rings. The van der Waals surface area contributed by atoms with Crippen LogP contribution in [0, 0.1) is 28.4 Å². The van der Waals surface area contributed by atoms with E-state index in [1.54, 1.807) is 6.92 Å². The van der Waals surface area contributed by atoms with Crippen LogP contribution in [0.3, 0.4) is 0 Å². The van der Waals surface area contributed by atoms with Crippen LogP contribution in [0.1, 0.15) is 52.3 Å². The predicted molar refractivity (Wildman–Crippen MR) is 90.6 cm³/mol. The molecule has 1 aromatic rings. The Bertz CT molecular complexity index is 647. The van der Waals surface area contributed by atoms with Gasteiger partial charge in [-0.1, -0.05) is 20.8 Å². The Balaban J connectivity index is 1.90. The summed E-state index contributed by atoms with van der Waals surface area (Å²) in [7, 11) is 0. The van der Waals surface area contributed by atoms with Gasteiger partial charge in [0.2, 0.25) is 0 Å². The van der Waals surface area contributed by atoms with E-state index in [-0.39, 0.29) is 18.3 Å². The number of nitrogens with one attached hydrogen (secondary N) is 1. The smallest absolute Gasteiger partial charge is 0.343 e. The van der Waals surface area contributed by atoms with Crippen molar-refractivity contribution in [3.05, 3.63) is 22.1 Å². The molecule has 2 rings (SSSR count). The number of aryl methyl sites for hydroxylation is 1. The lowest BCUT2D eigenvalue weighted by atomic mass is 9.72. The molecule has 1 saturated carbocycles. The van der Waals surface area contributed by atoms with Gasteiger partial charge in [0.25, 0.3) is 5.91 Å². The van der Waals surface area contributed by atoms with E-state index in [2.05, 4.69) is 36.3 Å². The lowest BCUT2D eigenvalue weighted by Crippen LogP contribution is -2.29. The lowest BCUT2D eigenvalue weighted by Gasteiger charge is -2.34. The second kappa shape index (κ2) is 7.11. The number of rotatable bonds is 4. The molecule has 0 bridgehead atoms. The van der Waals surface area contributed by atoms with Gasteiger partial charge < -0.3 is 10.1 Å². The van der Waals surface area contributed by atoms with E-state index < -0.39 is 4.92 Å². The molecular weight excluding hydrogens is 310 g/mol. The van der Waals surface area contributed by atoms with Crippen LogP contribution in [-0.2, 0) is 11.3 Å². The van der Waals surface area contributed by atoms with Crippen LogP contribution in [0.15, 0.2) is 11.3 Å². The van der Waals surface area contributed by atoms with Crippen LogP contribution in [0.4, 0.5) is 5.82 Å². The van der Waals surface area contributed by atoms with E-state index in [1.807, 2.05) is 0 Å². The molecule has 0 unspecified atom stereocenters. The fraction of sp³-hybridized carbons (Fsp3) is 0.688. The first-order chi connectivity index (χ1) is 11.2. The molecule has 1 aliphatic carbocycles. The van der Waals surface area contributed by atoms with Gasteiger partial charge in [-0.05, 0) is 41.9 Å². The van der Waals surface area contributed by atoms with E-state index in [1.165, 1.54) is 4.57 Å². The summed E-state index contributed by atoms with van der Waals surface area (Å²) in [5, 5.41) is 15.1. The second-order valence-corrected chi connectivity index (χ2v) is 7.36. The number of aromatic nitrogens is 2. The van der Waals surface area contributed by atoms with Gasteiger partial charge >= 0.3 is 5.82 Å². The minimum atomic E-state index is -0.549. The van der Waals surface area contributed by atoms with Crippen molar-refractivity contribution in [2.75, 3.05) is 0 Å². The molecule has 0 radical (unpaired) electrons. The quantitative estimate of drug-likeness (QED) is 0.675. The first-order valence-corrected chi connectivity index (χ1v) is 8.19. The van der Waals surface area contributed by atoms with Gasteiger partial charge in [0.15, 0.2) is 12.4 Å². The summed E-state index contributed by atoms with van der Waals surface area (Å²) in [4.78, 5) is 26.3. The highest BCUT2D eigenvalue weighted by Crippen LogP contribution is 2.36. The minimum Gasteiger partial charge on any atom is -0.358 e. The van der Waals surface area contributed by atoms with Crippen molar-refractivity contribution < 1.29 is 9.72 Å². The molecule has 24 heavy (non-hydrogen) atoms. The molecule has 0 atom stereocenters. The topological polar surface area (TPSA) is 102 Å². The van der Waals surface area contributed by atoms with Gasteiger partial charge in [0, 0.05) is 12.6 Å². The minimum absolute atomic E-state index is 0.163. The Morgan fingerprint density at radius 3 is 2.62 bits per heavy atom. The molecule has 0 aromatic carbocycles. The molecule has 1 N–H and O–H groups in total. The summed E-state index contributed by atoms with van der Waals surface area (Å²) in [5.41, 5.74) is 3.80. The number of nitrogens with zero attached hydrogens (tertiary/aromatic N) is 4. The fourth-order valence-electron chi connectivity index (χ4n) is 3.05. The number of carbonyl (C=O) groups excluding carboxylic acids is 1. The summed E-state index contributed by atoms with van der Waals surface area (Å²) in [6, 6.07) is 0. The van der Waals surface area contributed by atoms with Gasteiger partial charge in [0.1, 0.15) is 6.20 Å². The highest BCUT2D eigenvalue weighted by molar-refractivity contribution is 5.87. The molecule has 1 fully saturated rings. The van der Waals surface area contributed by atoms with Crippen LogP contribution in [-0.4, -0.2) is 26.1 Å². The van der Waals surface area contributed by atoms with Crippen molar-refractivity contribution in [1.29, 1.82) is 0 Å². The third-order valence-electron chi connectivity index (χ3n) is 4.65. The number of hydrogen-bond donors (Lipinski definition) is 1. The molecule has 0 spiro atoms. The van der Waals surface area contributed by atoms with Gasteiger partial charge in [-0.3, -0.25) is 4.79 Å². The molecule has 8 nitrogen and oxygen atoms in total. The Hall–Kier alpha value is -2.25. The standard InChI is InChI=1S/C16H25N5O3/c1-11-17-9-15(21(23)24)20(11)10-14(22)19-18-13-7-5-12(6-8-13)16(2,3)4/h9,12H,5-8,10H2,1-4H3,(H,19,22). The average molecular weight is 335 g/mol. The fourth-order valence-corrected chi connectivity index (χ4v) is 3.05. The van der Waals surface area contributed by atoms with E-state index in [0.29, 0.717) is 17.2 Å². The van der Waals surface area contributed by atoms with E-state index in [9.17, 15) is 14.9 Å². The van der Waals surface area contributed by atoms with Crippen molar-refractivity contribution in [3.63, 3.8) is 0 Å². The van der Waals surface area contributed by atoms with Gasteiger partial charge in [-0.25, -0.2) is 15.0 Å². The Labute approximate surface area is 141 Å². The Kier molecular flexibility index (Phi) is 5.36. The normalized spacial score (nSPS) is 18.3. The largest absolute Gasteiger partial charge is 0.358 e. The molecule has 0 saturated heterocycles. The molecule has 1 heterocycles. The monoisotopic (exact) mass is 335 g/mol. The predicted octanol–water partition coefficient (Wildman–Crippen LogP) is 2.81. The van der Waals surface area contributed by atoms with E-state index >= 15 is 0 Å². The zero-order valence-corrected chi connectivity index (χ0v) is 14.7.